The number of aromatic nitrogens is 1. The third-order valence-electron chi connectivity index (χ3n) is 8.22. The molecule has 2 aliphatic rings. The lowest BCUT2D eigenvalue weighted by Crippen LogP contribution is -2.41. The number of halogens is 1. The van der Waals surface area contributed by atoms with Crippen LogP contribution in [0.4, 0.5) is 5.69 Å². The number of hydrogen-bond donors (Lipinski definition) is 0. The molecule has 5 aromatic rings. The van der Waals surface area contributed by atoms with Crippen LogP contribution in [0, 0.1) is 0 Å². The number of benzene rings is 4. The highest BCUT2D eigenvalue weighted by molar-refractivity contribution is 7.07. The SMILES string of the molecule is CCOC(=O)C1=C(c2ccccc2)N=c2s/c(=C3/C(=O)N(Cc4ccccc4Cl)c4ccccc43)c(=O)n2[C@H]1c1ccc(OC)cc1. The van der Waals surface area contributed by atoms with Crippen LogP contribution in [0.5, 0.6) is 5.75 Å². The molecule has 0 saturated carbocycles. The van der Waals surface area contributed by atoms with Crippen molar-refractivity contribution in [2.75, 3.05) is 18.6 Å². The van der Waals surface area contributed by atoms with Gasteiger partial charge in [0.05, 0.1) is 48.8 Å². The van der Waals surface area contributed by atoms with Crippen molar-refractivity contribution in [3.63, 3.8) is 0 Å². The second-order valence-electron chi connectivity index (χ2n) is 10.9. The number of ether oxygens (including phenoxy) is 2. The molecule has 10 heteroatoms. The molecule has 0 N–H and O–H groups in total. The van der Waals surface area contributed by atoms with Gasteiger partial charge in [0, 0.05) is 16.1 Å². The Labute approximate surface area is 279 Å². The van der Waals surface area contributed by atoms with E-state index in [9.17, 15) is 14.4 Å². The van der Waals surface area contributed by atoms with Gasteiger partial charge in [-0.2, -0.15) is 0 Å². The number of anilines is 1. The highest BCUT2D eigenvalue weighted by Gasteiger charge is 2.38. The van der Waals surface area contributed by atoms with Crippen LogP contribution in [0.25, 0.3) is 11.3 Å². The summed E-state index contributed by atoms with van der Waals surface area (Å²) in [5.41, 5.74) is 3.95. The van der Waals surface area contributed by atoms with Crippen LogP contribution < -0.4 is 24.5 Å². The number of methoxy groups -OCH3 is 1. The maximum atomic E-state index is 14.7. The van der Waals surface area contributed by atoms with Crippen molar-refractivity contribution in [3.8, 4) is 5.75 Å². The van der Waals surface area contributed by atoms with Crippen molar-refractivity contribution < 1.29 is 19.1 Å². The molecule has 0 fully saturated rings. The molecule has 1 amide bonds. The largest absolute Gasteiger partial charge is 0.497 e. The zero-order chi connectivity index (χ0) is 32.7. The maximum absolute atomic E-state index is 14.7. The first-order chi connectivity index (χ1) is 22.9. The van der Waals surface area contributed by atoms with Gasteiger partial charge >= 0.3 is 5.97 Å². The van der Waals surface area contributed by atoms with E-state index >= 15 is 0 Å². The molecule has 0 spiro atoms. The molecular weight excluding hydrogens is 634 g/mol. The second kappa shape index (κ2) is 12.5. The fourth-order valence-corrected chi connectivity index (χ4v) is 7.33. The van der Waals surface area contributed by atoms with E-state index in [-0.39, 0.29) is 34.7 Å². The van der Waals surface area contributed by atoms with Crippen molar-refractivity contribution >= 4 is 51.8 Å². The van der Waals surface area contributed by atoms with Gasteiger partial charge < -0.3 is 14.4 Å². The lowest BCUT2D eigenvalue weighted by molar-refractivity contribution is -0.138. The van der Waals surface area contributed by atoms with Gasteiger partial charge in [-0.15, -0.1) is 0 Å². The van der Waals surface area contributed by atoms with Gasteiger partial charge in [0.15, 0.2) is 4.80 Å². The minimum atomic E-state index is -0.883. The van der Waals surface area contributed by atoms with Gasteiger partial charge in [0.25, 0.3) is 11.5 Å². The van der Waals surface area contributed by atoms with E-state index in [0.717, 1.165) is 16.9 Å². The summed E-state index contributed by atoms with van der Waals surface area (Å²) >= 11 is 7.62. The van der Waals surface area contributed by atoms with Crippen LogP contribution in [-0.2, 0) is 20.9 Å². The minimum Gasteiger partial charge on any atom is -0.497 e. The number of fused-ring (bicyclic) bond motifs is 2. The molecule has 4 aromatic carbocycles. The predicted molar refractivity (Wildman–Crippen MR) is 182 cm³/mol. The summed E-state index contributed by atoms with van der Waals surface area (Å²) in [5.74, 6) is -0.271. The van der Waals surface area contributed by atoms with Crippen LogP contribution in [0.2, 0.25) is 5.02 Å². The lowest BCUT2D eigenvalue weighted by atomic mass is 9.93. The molecular formula is C37H28ClN3O5S. The number of para-hydroxylation sites is 1. The predicted octanol–water partition coefficient (Wildman–Crippen LogP) is 5.51. The molecule has 47 heavy (non-hydrogen) atoms. The monoisotopic (exact) mass is 661 g/mol. The smallest absolute Gasteiger partial charge is 0.338 e. The number of hydrogen-bond acceptors (Lipinski definition) is 7. The Bertz CT molecular complexity index is 2260. The summed E-state index contributed by atoms with van der Waals surface area (Å²) in [4.78, 5) is 49.6. The highest BCUT2D eigenvalue weighted by atomic mass is 35.5. The lowest BCUT2D eigenvalue weighted by Gasteiger charge is -2.26. The highest BCUT2D eigenvalue weighted by Crippen LogP contribution is 2.38. The van der Waals surface area contributed by atoms with Crippen molar-refractivity contribution in [1.29, 1.82) is 0 Å². The summed E-state index contributed by atoms with van der Waals surface area (Å²) in [6.07, 6.45) is 0. The molecule has 1 aromatic heterocycles. The quantitative estimate of drug-likeness (QED) is 0.215. The van der Waals surface area contributed by atoms with Gasteiger partial charge in [-0.3, -0.25) is 14.2 Å². The standard InChI is InChI=1S/C37H28ClN3O5S/c1-3-46-36(44)30-31(22-11-5-4-6-12-22)39-37-41(32(30)23-17-19-25(45-2)20-18-23)35(43)33(47-37)29-26-14-8-10-16-28(26)40(34(29)42)21-24-13-7-9-15-27(24)38/h4-20,32H,3,21H2,1-2H3/b33-29+/t32-/m0/s1. The van der Waals surface area contributed by atoms with E-state index in [1.54, 1.807) is 37.1 Å². The first-order valence-corrected chi connectivity index (χ1v) is 16.2. The number of nitrogens with zero attached hydrogens (tertiary/aromatic N) is 3. The molecule has 8 nitrogen and oxygen atoms in total. The maximum Gasteiger partial charge on any atom is 0.338 e. The average molecular weight is 662 g/mol. The molecule has 7 rings (SSSR count). The van der Waals surface area contributed by atoms with Crippen LogP contribution >= 0.6 is 22.9 Å². The van der Waals surface area contributed by atoms with Crippen LogP contribution in [0.1, 0.15) is 35.2 Å². The van der Waals surface area contributed by atoms with Gasteiger partial charge in [0.1, 0.15) is 10.3 Å². The summed E-state index contributed by atoms with van der Waals surface area (Å²) in [6, 6.07) is 30.4. The van der Waals surface area contributed by atoms with E-state index < -0.39 is 17.6 Å². The van der Waals surface area contributed by atoms with Crippen molar-refractivity contribution in [3.05, 3.63) is 156 Å². The summed E-state index contributed by atoms with van der Waals surface area (Å²) in [7, 11) is 1.57. The molecule has 234 valence electrons. The molecule has 2 aliphatic heterocycles. The van der Waals surface area contributed by atoms with Gasteiger partial charge in [-0.05, 0) is 42.3 Å². The van der Waals surface area contributed by atoms with Crippen molar-refractivity contribution in [2.45, 2.75) is 19.5 Å². The molecule has 0 bridgehead atoms. The minimum absolute atomic E-state index is 0.140. The fourth-order valence-electron chi connectivity index (χ4n) is 6.05. The molecule has 0 radical (unpaired) electrons. The Balaban J connectivity index is 1.50. The summed E-state index contributed by atoms with van der Waals surface area (Å²) in [6.45, 7) is 2.11. The topological polar surface area (TPSA) is 90.2 Å². The van der Waals surface area contributed by atoms with Gasteiger partial charge in [-0.25, -0.2) is 9.79 Å². The van der Waals surface area contributed by atoms with Crippen LogP contribution in [0.15, 0.2) is 118 Å². The third kappa shape index (κ3) is 5.27. The Morgan fingerprint density at radius 3 is 2.34 bits per heavy atom. The van der Waals surface area contributed by atoms with E-state index in [2.05, 4.69) is 0 Å². The van der Waals surface area contributed by atoms with Crippen molar-refractivity contribution in [2.24, 2.45) is 4.99 Å². The summed E-state index contributed by atoms with van der Waals surface area (Å²) in [5, 5.41) is 0.546. The molecule has 0 saturated heterocycles. The average Bonchev–Trinajstić information content (AvgIpc) is 3.57. The number of carbonyl (C=O) groups excluding carboxylic acids is 2. The van der Waals surface area contributed by atoms with Crippen LogP contribution in [0.3, 0.4) is 0 Å². The van der Waals surface area contributed by atoms with E-state index in [0.29, 0.717) is 43.6 Å². The molecule has 0 aliphatic carbocycles. The summed E-state index contributed by atoms with van der Waals surface area (Å²) < 4.78 is 12.7. The first kappa shape index (κ1) is 30.4. The third-order valence-corrected chi connectivity index (χ3v) is 9.64. The van der Waals surface area contributed by atoms with Crippen LogP contribution in [-0.4, -0.2) is 30.2 Å². The van der Waals surface area contributed by atoms with Gasteiger partial charge in [0.2, 0.25) is 0 Å². The number of carbonyl (C=O) groups is 2. The Kier molecular flexibility index (Phi) is 8.09. The fraction of sp³-hybridized carbons (Fsp3) is 0.135. The second-order valence-corrected chi connectivity index (χ2v) is 12.3. The number of rotatable bonds is 7. The van der Waals surface area contributed by atoms with E-state index in [1.165, 1.54) is 4.57 Å². The van der Waals surface area contributed by atoms with Crippen molar-refractivity contribution in [1.82, 2.24) is 4.57 Å². The number of thiazole rings is 1. The normalized spacial score (nSPS) is 16.4. The molecule has 1 atom stereocenters. The molecule has 3 heterocycles. The Morgan fingerprint density at radius 1 is 0.915 bits per heavy atom. The Morgan fingerprint density at radius 2 is 1.62 bits per heavy atom. The zero-order valence-corrected chi connectivity index (χ0v) is 27.0. The first-order valence-electron chi connectivity index (χ1n) is 15.0. The number of amides is 1. The van der Waals surface area contributed by atoms with Gasteiger partial charge in [-0.1, -0.05) is 102 Å². The molecule has 0 unspecified atom stereocenters. The van der Waals surface area contributed by atoms with E-state index in [4.69, 9.17) is 26.1 Å². The van der Waals surface area contributed by atoms with E-state index in [1.807, 2.05) is 84.9 Å². The zero-order valence-electron chi connectivity index (χ0n) is 25.5. The number of esters is 1. The Hall–Kier alpha value is -5.25.